The summed E-state index contributed by atoms with van der Waals surface area (Å²) in [5.41, 5.74) is 1.02. The Kier molecular flexibility index (Phi) is 3.23. The molecule has 1 atom stereocenters. The van der Waals surface area contributed by atoms with Gasteiger partial charge in [0.05, 0.1) is 12.4 Å². The van der Waals surface area contributed by atoms with Crippen LogP contribution in [0.4, 0.5) is 0 Å². The molecule has 2 aromatic heterocycles. The van der Waals surface area contributed by atoms with Gasteiger partial charge in [-0.25, -0.2) is 9.67 Å². The molecule has 1 fully saturated rings. The molecule has 0 saturated carbocycles. The zero-order valence-corrected chi connectivity index (χ0v) is 11.6. The molecule has 3 heterocycles. The van der Waals surface area contributed by atoms with Gasteiger partial charge in [0.1, 0.15) is 10.9 Å². The highest BCUT2D eigenvalue weighted by atomic mass is 32.1. The molecule has 104 valence electrons. The van der Waals surface area contributed by atoms with Gasteiger partial charge in [-0.2, -0.15) is 5.10 Å². The van der Waals surface area contributed by atoms with E-state index in [4.69, 9.17) is 0 Å². The quantitative estimate of drug-likeness (QED) is 0.848. The maximum absolute atomic E-state index is 12.0. The van der Waals surface area contributed by atoms with Crippen molar-refractivity contribution >= 4 is 23.2 Å². The summed E-state index contributed by atoms with van der Waals surface area (Å²) in [5, 5.41) is 10.2. The molecular formula is C12H13N5O2S. The van der Waals surface area contributed by atoms with Crippen molar-refractivity contribution in [3.63, 3.8) is 0 Å². The fraction of sp³-hybridized carbons (Fsp3) is 0.333. The molecular weight excluding hydrogens is 278 g/mol. The Labute approximate surface area is 119 Å². The monoisotopic (exact) mass is 291 g/mol. The third-order valence-electron chi connectivity index (χ3n) is 2.98. The summed E-state index contributed by atoms with van der Waals surface area (Å²) in [6.45, 7) is 2.54. The highest BCUT2D eigenvalue weighted by molar-refractivity contribution is 7.16. The summed E-state index contributed by atoms with van der Waals surface area (Å²) in [7, 11) is 0. The first-order chi connectivity index (χ1) is 9.63. The van der Waals surface area contributed by atoms with Crippen LogP contribution >= 0.6 is 11.3 Å². The molecule has 0 bridgehead atoms. The van der Waals surface area contributed by atoms with Gasteiger partial charge in [0.15, 0.2) is 0 Å². The van der Waals surface area contributed by atoms with E-state index >= 15 is 0 Å². The number of nitrogens with one attached hydrogen (secondary N) is 2. The van der Waals surface area contributed by atoms with Gasteiger partial charge in [-0.3, -0.25) is 9.59 Å². The predicted molar refractivity (Wildman–Crippen MR) is 72.9 cm³/mol. The summed E-state index contributed by atoms with van der Waals surface area (Å²) in [6, 6.07) is -0.444. The second kappa shape index (κ2) is 5.04. The zero-order valence-electron chi connectivity index (χ0n) is 10.8. The first-order valence-corrected chi connectivity index (χ1v) is 7.01. The Hall–Kier alpha value is -2.22. The van der Waals surface area contributed by atoms with E-state index in [1.807, 2.05) is 13.1 Å². The molecule has 1 aliphatic heterocycles. The highest BCUT2D eigenvalue weighted by Gasteiger charge is 2.26. The van der Waals surface area contributed by atoms with Crippen molar-refractivity contribution in [3.8, 4) is 5.13 Å². The maximum Gasteiger partial charge on any atom is 0.263 e. The molecule has 2 amide bonds. The van der Waals surface area contributed by atoms with Crippen molar-refractivity contribution in [2.75, 3.05) is 6.54 Å². The van der Waals surface area contributed by atoms with Crippen molar-refractivity contribution in [2.24, 2.45) is 0 Å². The topological polar surface area (TPSA) is 88.9 Å². The Balaban J connectivity index is 1.73. The van der Waals surface area contributed by atoms with E-state index in [0.717, 1.165) is 5.56 Å². The van der Waals surface area contributed by atoms with Crippen LogP contribution in [-0.4, -0.2) is 39.2 Å². The maximum atomic E-state index is 12.0. The first-order valence-electron chi connectivity index (χ1n) is 6.19. The lowest BCUT2D eigenvalue weighted by Crippen LogP contribution is -2.39. The molecule has 20 heavy (non-hydrogen) atoms. The number of amides is 2. The Morgan fingerprint density at radius 3 is 3.05 bits per heavy atom. The molecule has 1 saturated heterocycles. The van der Waals surface area contributed by atoms with E-state index in [-0.39, 0.29) is 11.8 Å². The number of hydrogen-bond donors (Lipinski definition) is 2. The Morgan fingerprint density at radius 2 is 2.40 bits per heavy atom. The van der Waals surface area contributed by atoms with E-state index < -0.39 is 6.04 Å². The molecule has 0 spiro atoms. The van der Waals surface area contributed by atoms with Crippen molar-refractivity contribution in [3.05, 3.63) is 29.0 Å². The number of thiazole rings is 1. The van der Waals surface area contributed by atoms with Crippen LogP contribution in [0.2, 0.25) is 0 Å². The SMILES string of the molecule is Cc1cnn(-c2ncc(C(=O)NC3CCNC3=O)s2)c1. The van der Waals surface area contributed by atoms with Crippen LogP contribution in [0.3, 0.4) is 0 Å². The van der Waals surface area contributed by atoms with Crippen LogP contribution in [0.15, 0.2) is 18.6 Å². The highest BCUT2D eigenvalue weighted by Crippen LogP contribution is 2.17. The van der Waals surface area contributed by atoms with Gasteiger partial charge in [0.25, 0.3) is 5.91 Å². The summed E-state index contributed by atoms with van der Waals surface area (Å²) < 4.78 is 1.62. The third kappa shape index (κ3) is 2.42. The van der Waals surface area contributed by atoms with Gasteiger partial charge < -0.3 is 10.6 Å². The molecule has 0 radical (unpaired) electrons. The van der Waals surface area contributed by atoms with Gasteiger partial charge in [-0.05, 0) is 18.9 Å². The van der Waals surface area contributed by atoms with E-state index in [1.54, 1.807) is 10.9 Å². The smallest absolute Gasteiger partial charge is 0.263 e. The molecule has 7 nitrogen and oxygen atoms in total. The van der Waals surface area contributed by atoms with Crippen LogP contribution in [0, 0.1) is 6.92 Å². The standard InChI is InChI=1S/C12H13N5O2S/c1-7-4-15-17(6-7)12-14-5-9(20-12)11(19)16-8-2-3-13-10(8)18/h4-6,8H,2-3H2,1H3,(H,13,18)(H,16,19). The predicted octanol–water partition coefficient (Wildman–Crippen LogP) is 0.256. The van der Waals surface area contributed by atoms with Crippen LogP contribution in [0.1, 0.15) is 21.7 Å². The largest absolute Gasteiger partial charge is 0.354 e. The number of hydrogen-bond acceptors (Lipinski definition) is 5. The molecule has 1 unspecified atom stereocenters. The van der Waals surface area contributed by atoms with Crippen LogP contribution in [-0.2, 0) is 4.79 Å². The second-order valence-corrected chi connectivity index (χ2v) is 5.58. The average Bonchev–Trinajstić information content (AvgIpc) is 3.11. The second-order valence-electron chi connectivity index (χ2n) is 4.58. The normalized spacial score (nSPS) is 18.1. The molecule has 3 rings (SSSR count). The number of aromatic nitrogens is 3. The van der Waals surface area contributed by atoms with E-state index in [1.165, 1.54) is 17.5 Å². The van der Waals surface area contributed by atoms with E-state index in [2.05, 4.69) is 20.7 Å². The minimum absolute atomic E-state index is 0.134. The Bertz CT molecular complexity index is 662. The van der Waals surface area contributed by atoms with Crippen molar-refractivity contribution in [1.82, 2.24) is 25.4 Å². The van der Waals surface area contributed by atoms with Gasteiger partial charge in [-0.1, -0.05) is 11.3 Å². The van der Waals surface area contributed by atoms with Gasteiger partial charge in [0.2, 0.25) is 11.0 Å². The summed E-state index contributed by atoms with van der Waals surface area (Å²) in [6.07, 6.45) is 5.68. The minimum Gasteiger partial charge on any atom is -0.354 e. The van der Waals surface area contributed by atoms with Crippen molar-refractivity contribution in [2.45, 2.75) is 19.4 Å². The Morgan fingerprint density at radius 1 is 1.55 bits per heavy atom. The third-order valence-corrected chi connectivity index (χ3v) is 3.96. The minimum atomic E-state index is -0.444. The molecule has 1 aliphatic rings. The van der Waals surface area contributed by atoms with Crippen molar-refractivity contribution < 1.29 is 9.59 Å². The summed E-state index contributed by atoms with van der Waals surface area (Å²) in [5.74, 6) is -0.412. The number of carbonyl (C=O) groups is 2. The van der Waals surface area contributed by atoms with Crippen LogP contribution in [0.25, 0.3) is 5.13 Å². The molecule has 0 aromatic carbocycles. The lowest BCUT2D eigenvalue weighted by atomic mass is 10.2. The number of rotatable bonds is 3. The molecule has 2 N–H and O–H groups in total. The number of aryl methyl sites for hydroxylation is 1. The van der Waals surface area contributed by atoms with E-state index in [9.17, 15) is 9.59 Å². The van der Waals surface area contributed by atoms with Crippen LogP contribution in [0.5, 0.6) is 0 Å². The van der Waals surface area contributed by atoms with Gasteiger partial charge in [0, 0.05) is 12.7 Å². The lowest BCUT2D eigenvalue weighted by molar-refractivity contribution is -0.120. The first kappa shape index (κ1) is 12.8. The fourth-order valence-electron chi connectivity index (χ4n) is 1.95. The molecule has 0 aliphatic carbocycles. The van der Waals surface area contributed by atoms with E-state index in [0.29, 0.717) is 23.0 Å². The average molecular weight is 291 g/mol. The zero-order chi connectivity index (χ0) is 14.1. The molecule has 8 heteroatoms. The lowest BCUT2D eigenvalue weighted by Gasteiger charge is -2.07. The van der Waals surface area contributed by atoms with Crippen LogP contribution < -0.4 is 10.6 Å². The van der Waals surface area contributed by atoms with Gasteiger partial charge in [-0.15, -0.1) is 0 Å². The van der Waals surface area contributed by atoms with Gasteiger partial charge >= 0.3 is 0 Å². The summed E-state index contributed by atoms with van der Waals surface area (Å²) in [4.78, 5) is 28.1. The number of carbonyl (C=O) groups excluding carboxylic acids is 2. The molecule has 2 aromatic rings. The number of nitrogens with zero attached hydrogens (tertiary/aromatic N) is 3. The van der Waals surface area contributed by atoms with Crippen molar-refractivity contribution in [1.29, 1.82) is 0 Å². The fourth-order valence-corrected chi connectivity index (χ4v) is 2.71. The summed E-state index contributed by atoms with van der Waals surface area (Å²) >= 11 is 1.24.